The summed E-state index contributed by atoms with van der Waals surface area (Å²) in [7, 11) is 0. The van der Waals surface area contributed by atoms with Crippen LogP contribution in [0.25, 0.3) is 0 Å². The summed E-state index contributed by atoms with van der Waals surface area (Å²) in [5.74, 6) is 0. The summed E-state index contributed by atoms with van der Waals surface area (Å²) in [4.78, 5) is 4.33. The van der Waals surface area contributed by atoms with Gasteiger partial charge >= 0.3 is 0 Å². The van der Waals surface area contributed by atoms with Crippen LogP contribution in [0.4, 0.5) is 0 Å². The summed E-state index contributed by atoms with van der Waals surface area (Å²) in [6.45, 7) is 10.4. The van der Waals surface area contributed by atoms with Gasteiger partial charge in [0.05, 0.1) is 0 Å². The van der Waals surface area contributed by atoms with Crippen molar-refractivity contribution < 1.29 is 0 Å². The number of hydrogen-bond acceptors (Lipinski definition) is 2. The fourth-order valence-electron chi connectivity index (χ4n) is 2.60. The van der Waals surface area contributed by atoms with Gasteiger partial charge in [0.2, 0.25) is 0 Å². The second-order valence-electron chi connectivity index (χ2n) is 5.90. The predicted molar refractivity (Wildman–Crippen MR) is 67.3 cm³/mol. The molecule has 1 aromatic rings. The van der Waals surface area contributed by atoms with Gasteiger partial charge in [0.25, 0.3) is 0 Å². The zero-order chi connectivity index (χ0) is 11.8. The third-order valence-corrected chi connectivity index (χ3v) is 4.48. The van der Waals surface area contributed by atoms with Gasteiger partial charge < -0.3 is 5.32 Å². The molecule has 2 heteroatoms. The van der Waals surface area contributed by atoms with Crippen LogP contribution in [0.3, 0.4) is 0 Å². The minimum absolute atomic E-state index is 0.428. The Labute approximate surface area is 98.5 Å². The van der Waals surface area contributed by atoms with E-state index in [1.165, 1.54) is 5.69 Å². The van der Waals surface area contributed by atoms with Crippen LogP contribution in [-0.4, -0.2) is 17.6 Å². The Bertz CT molecular complexity index is 340. The molecule has 1 aliphatic rings. The molecule has 1 saturated carbocycles. The van der Waals surface area contributed by atoms with E-state index in [9.17, 15) is 0 Å². The Morgan fingerprint density at radius 3 is 2.38 bits per heavy atom. The molecule has 2 rings (SSSR count). The molecule has 0 unspecified atom stereocenters. The molecule has 1 aliphatic carbocycles. The van der Waals surface area contributed by atoms with Crippen molar-refractivity contribution in [3.63, 3.8) is 0 Å². The summed E-state index contributed by atoms with van der Waals surface area (Å²) >= 11 is 0. The number of aromatic nitrogens is 1. The summed E-state index contributed by atoms with van der Waals surface area (Å²) in [5.41, 5.74) is 2.03. The van der Waals surface area contributed by atoms with Gasteiger partial charge in [-0.05, 0) is 23.0 Å². The van der Waals surface area contributed by atoms with Gasteiger partial charge in [-0.2, -0.15) is 0 Å². The van der Waals surface area contributed by atoms with E-state index < -0.39 is 0 Å². The van der Waals surface area contributed by atoms with Crippen LogP contribution in [0.5, 0.6) is 0 Å². The minimum atomic E-state index is 0.428. The highest BCUT2D eigenvalue weighted by Crippen LogP contribution is 2.62. The average Bonchev–Trinajstić information content (AvgIpc) is 2.62. The van der Waals surface area contributed by atoms with Gasteiger partial charge in [-0.3, -0.25) is 4.98 Å². The Balaban J connectivity index is 1.79. The lowest BCUT2D eigenvalue weighted by molar-refractivity contribution is 0.457. The zero-order valence-electron chi connectivity index (χ0n) is 10.7. The molecule has 0 amide bonds. The van der Waals surface area contributed by atoms with E-state index in [2.05, 4.69) is 44.1 Å². The van der Waals surface area contributed by atoms with Gasteiger partial charge in [-0.25, -0.2) is 0 Å². The first-order valence-corrected chi connectivity index (χ1v) is 6.09. The van der Waals surface area contributed by atoms with Crippen molar-refractivity contribution in [2.75, 3.05) is 6.54 Å². The number of nitrogens with zero attached hydrogens (tertiary/aromatic N) is 1. The summed E-state index contributed by atoms with van der Waals surface area (Å²) in [5, 5.41) is 3.65. The van der Waals surface area contributed by atoms with Crippen molar-refractivity contribution in [1.29, 1.82) is 0 Å². The van der Waals surface area contributed by atoms with Crippen molar-refractivity contribution in [1.82, 2.24) is 10.3 Å². The standard InChI is InChI=1S/C14H22N2/c1-13(2)12(14(13,3)4)16-10-8-11-7-5-6-9-15-11/h5-7,9,12,16H,8,10H2,1-4H3. The van der Waals surface area contributed by atoms with Crippen LogP contribution in [0, 0.1) is 10.8 Å². The fraction of sp³-hybridized carbons (Fsp3) is 0.643. The molecule has 0 aliphatic heterocycles. The maximum Gasteiger partial charge on any atom is 0.0416 e. The number of rotatable bonds is 4. The largest absolute Gasteiger partial charge is 0.312 e. The Morgan fingerprint density at radius 1 is 1.19 bits per heavy atom. The molecule has 0 atom stereocenters. The van der Waals surface area contributed by atoms with Crippen LogP contribution in [-0.2, 0) is 6.42 Å². The highest BCUT2D eigenvalue weighted by atomic mass is 15.0. The Hall–Kier alpha value is -0.890. The molecule has 16 heavy (non-hydrogen) atoms. The molecule has 1 N–H and O–H groups in total. The lowest BCUT2D eigenvalue weighted by Gasteiger charge is -2.05. The lowest BCUT2D eigenvalue weighted by atomic mass is 10.0. The van der Waals surface area contributed by atoms with Gasteiger partial charge in [-0.15, -0.1) is 0 Å². The first kappa shape index (κ1) is 11.6. The summed E-state index contributed by atoms with van der Waals surface area (Å²) in [6, 6.07) is 6.74. The second kappa shape index (κ2) is 3.85. The highest BCUT2D eigenvalue weighted by molar-refractivity contribution is 5.18. The van der Waals surface area contributed by atoms with E-state index in [4.69, 9.17) is 0 Å². The predicted octanol–water partition coefficient (Wildman–Crippen LogP) is 2.65. The molecule has 0 saturated heterocycles. The van der Waals surface area contributed by atoms with E-state index in [0.29, 0.717) is 16.9 Å². The smallest absolute Gasteiger partial charge is 0.0416 e. The maximum atomic E-state index is 4.33. The molecule has 0 radical (unpaired) electrons. The molecule has 0 spiro atoms. The van der Waals surface area contributed by atoms with E-state index in [1.807, 2.05) is 18.3 Å². The molecule has 1 aromatic heterocycles. The molecule has 1 heterocycles. The number of pyridine rings is 1. The van der Waals surface area contributed by atoms with Crippen LogP contribution < -0.4 is 5.32 Å². The normalized spacial score (nSPS) is 22.0. The highest BCUT2D eigenvalue weighted by Gasteiger charge is 2.64. The van der Waals surface area contributed by atoms with Crippen LogP contribution in [0.1, 0.15) is 33.4 Å². The Kier molecular flexibility index (Phi) is 2.79. The number of nitrogens with one attached hydrogen (secondary N) is 1. The molecule has 0 bridgehead atoms. The first-order valence-electron chi connectivity index (χ1n) is 6.09. The van der Waals surface area contributed by atoms with Gasteiger partial charge in [0.1, 0.15) is 0 Å². The van der Waals surface area contributed by atoms with E-state index in [1.54, 1.807) is 0 Å². The van der Waals surface area contributed by atoms with Crippen molar-refractivity contribution in [2.45, 2.75) is 40.2 Å². The lowest BCUT2D eigenvalue weighted by Crippen LogP contribution is -2.24. The van der Waals surface area contributed by atoms with Crippen LogP contribution in [0.2, 0.25) is 0 Å². The SMILES string of the molecule is CC1(C)C(NCCc2ccccn2)C1(C)C. The fourth-order valence-corrected chi connectivity index (χ4v) is 2.60. The summed E-state index contributed by atoms with van der Waals surface area (Å²) < 4.78 is 0. The molecule has 1 fully saturated rings. The van der Waals surface area contributed by atoms with E-state index >= 15 is 0 Å². The van der Waals surface area contributed by atoms with Crippen molar-refractivity contribution in [3.05, 3.63) is 30.1 Å². The number of hydrogen-bond donors (Lipinski definition) is 1. The summed E-state index contributed by atoms with van der Waals surface area (Å²) in [6.07, 6.45) is 2.88. The molecule has 2 nitrogen and oxygen atoms in total. The molecule has 0 aromatic carbocycles. The quantitative estimate of drug-likeness (QED) is 0.840. The Morgan fingerprint density at radius 2 is 1.88 bits per heavy atom. The van der Waals surface area contributed by atoms with Crippen LogP contribution >= 0.6 is 0 Å². The van der Waals surface area contributed by atoms with E-state index in [0.717, 1.165) is 13.0 Å². The van der Waals surface area contributed by atoms with Crippen LogP contribution in [0.15, 0.2) is 24.4 Å². The minimum Gasteiger partial charge on any atom is -0.312 e. The zero-order valence-corrected chi connectivity index (χ0v) is 10.7. The van der Waals surface area contributed by atoms with Crippen molar-refractivity contribution in [2.24, 2.45) is 10.8 Å². The maximum absolute atomic E-state index is 4.33. The third kappa shape index (κ3) is 1.86. The molecule has 88 valence electrons. The third-order valence-electron chi connectivity index (χ3n) is 4.48. The van der Waals surface area contributed by atoms with Gasteiger partial charge in [0, 0.05) is 30.9 Å². The van der Waals surface area contributed by atoms with Gasteiger partial charge in [0.15, 0.2) is 0 Å². The monoisotopic (exact) mass is 218 g/mol. The van der Waals surface area contributed by atoms with E-state index in [-0.39, 0.29) is 0 Å². The second-order valence-corrected chi connectivity index (χ2v) is 5.90. The van der Waals surface area contributed by atoms with Crippen molar-refractivity contribution in [3.8, 4) is 0 Å². The van der Waals surface area contributed by atoms with Crippen molar-refractivity contribution >= 4 is 0 Å². The topological polar surface area (TPSA) is 24.9 Å². The average molecular weight is 218 g/mol. The molecular formula is C14H22N2. The van der Waals surface area contributed by atoms with Gasteiger partial charge in [-0.1, -0.05) is 33.8 Å². The molecular weight excluding hydrogens is 196 g/mol. The first-order chi connectivity index (χ1) is 7.46.